The zero-order chi connectivity index (χ0) is 56.0. The molecule has 0 radical (unpaired) electrons. The molecule has 10 aromatic rings. The molecule has 406 valence electrons. The highest BCUT2D eigenvalue weighted by atomic mass is 31.1. The Morgan fingerprint density at radius 2 is 0.731 bits per heavy atom. The highest BCUT2D eigenvalue weighted by Crippen LogP contribution is 2.58. The second kappa shape index (κ2) is 20.4. The van der Waals surface area contributed by atoms with Crippen molar-refractivity contribution in [1.29, 1.82) is 0 Å². The molecule has 0 aliphatic carbocycles. The lowest BCUT2D eigenvalue weighted by molar-refractivity contribution is 0.446. The van der Waals surface area contributed by atoms with Gasteiger partial charge in [0.05, 0.1) is 0 Å². The highest BCUT2D eigenvalue weighted by molar-refractivity contribution is 7.32. The van der Waals surface area contributed by atoms with Crippen LogP contribution in [0.2, 0.25) is 0 Å². The van der Waals surface area contributed by atoms with Crippen molar-refractivity contribution in [3.8, 4) is 22.6 Å². The summed E-state index contributed by atoms with van der Waals surface area (Å²) in [5.74, 6) is 1.47. The minimum Gasteiger partial charge on any atom is -0.390 e. The summed E-state index contributed by atoms with van der Waals surface area (Å²) < 4.78 is 44.6. The van der Waals surface area contributed by atoms with Gasteiger partial charge in [0.2, 0.25) is 0 Å². The lowest BCUT2D eigenvalue weighted by atomic mass is 9.69. The molecule has 0 spiro atoms. The summed E-state index contributed by atoms with van der Waals surface area (Å²) in [4.78, 5) is 0. The Labute approximate surface area is 464 Å². The zero-order valence-corrected chi connectivity index (χ0v) is 51.4. The topological polar surface area (TPSA) is 71.0 Å². The van der Waals surface area contributed by atoms with Crippen molar-refractivity contribution in [3.63, 3.8) is 0 Å². The lowest BCUT2D eigenvalue weighted by Gasteiger charge is -2.36. The summed E-state index contributed by atoms with van der Waals surface area (Å²) >= 11 is 0. The van der Waals surface area contributed by atoms with Crippen molar-refractivity contribution < 1.29 is 25.8 Å². The van der Waals surface area contributed by atoms with Crippen LogP contribution >= 0.6 is 16.5 Å². The Morgan fingerprint density at radius 1 is 0.385 bits per heavy atom. The van der Waals surface area contributed by atoms with Crippen molar-refractivity contribution in [2.75, 3.05) is 0 Å². The first-order valence-corrected chi connectivity index (χ1v) is 30.4. The summed E-state index contributed by atoms with van der Waals surface area (Å²) in [5, 5.41) is 8.52. The molecule has 78 heavy (non-hydrogen) atoms. The Kier molecular flexibility index (Phi) is 14.4. The molecule has 8 heteroatoms. The van der Waals surface area contributed by atoms with Crippen LogP contribution in [0.15, 0.2) is 126 Å². The fourth-order valence-electron chi connectivity index (χ4n) is 11.6. The van der Waals surface area contributed by atoms with E-state index in [1.54, 1.807) is 0 Å². The van der Waals surface area contributed by atoms with Crippen molar-refractivity contribution in [2.45, 2.75) is 172 Å². The number of hydrogen-bond acceptors (Lipinski definition) is 6. The second-order valence-corrected chi connectivity index (χ2v) is 26.8. The van der Waals surface area contributed by atoms with E-state index in [4.69, 9.17) is 25.8 Å². The molecular formula is C70H80O6P2. The van der Waals surface area contributed by atoms with Crippen LogP contribution in [-0.4, -0.2) is 0 Å². The number of rotatable bonds is 13. The van der Waals surface area contributed by atoms with Crippen molar-refractivity contribution in [3.05, 3.63) is 165 Å². The molecule has 0 aliphatic rings. The second-order valence-electron chi connectivity index (χ2n) is 24.8. The van der Waals surface area contributed by atoms with Crippen LogP contribution in [0.5, 0.6) is 11.5 Å². The SMILES string of the molecule is CCC(C)(C)c1cc(C(C)(C)CC)c(Op2oc3ccccc3c3ccccc3o2)c(-c2c(C)c(C(C)(C)CC)cc(C(C)(C)CC)c2Op2oc3c(C)cc4cc(C)ccc4c3c3c(o2)c(C)cc2cc(C)ccc23)c1C. The molecule has 10 rings (SSSR count). The van der Waals surface area contributed by atoms with E-state index < -0.39 is 16.5 Å². The molecule has 0 saturated heterocycles. The molecule has 0 bridgehead atoms. The number of hydrogen-bond donors (Lipinski definition) is 0. The number of para-hydroxylation sites is 2. The van der Waals surface area contributed by atoms with Crippen LogP contribution in [0.1, 0.15) is 164 Å². The minimum absolute atomic E-state index is 0.210. The minimum atomic E-state index is -2.18. The van der Waals surface area contributed by atoms with Crippen molar-refractivity contribution in [2.24, 2.45) is 0 Å². The molecule has 0 unspecified atom stereocenters. The van der Waals surface area contributed by atoms with E-state index in [0.717, 1.165) is 136 Å². The molecule has 0 atom stereocenters. The van der Waals surface area contributed by atoms with Gasteiger partial charge in [-0.05, 0) is 168 Å². The molecule has 6 nitrogen and oxygen atoms in total. The molecule has 2 heterocycles. The van der Waals surface area contributed by atoms with Crippen molar-refractivity contribution >= 4 is 81.9 Å². The van der Waals surface area contributed by atoms with Gasteiger partial charge in [0.25, 0.3) is 0 Å². The van der Waals surface area contributed by atoms with Gasteiger partial charge in [-0.15, -0.1) is 0 Å². The van der Waals surface area contributed by atoms with Gasteiger partial charge in [0, 0.05) is 43.8 Å². The summed E-state index contributed by atoms with van der Waals surface area (Å²) in [6, 6.07) is 39.2. The Hall–Kier alpha value is -6.32. The smallest absolute Gasteiger partial charge is 0.390 e. The third-order valence-electron chi connectivity index (χ3n) is 18.0. The predicted molar refractivity (Wildman–Crippen MR) is 333 cm³/mol. The normalized spacial score (nSPS) is 12.7. The molecular weight excluding hydrogens is 999 g/mol. The van der Waals surface area contributed by atoms with E-state index in [9.17, 15) is 0 Å². The van der Waals surface area contributed by atoms with Crippen LogP contribution in [0.3, 0.4) is 0 Å². The van der Waals surface area contributed by atoms with Crippen LogP contribution in [0, 0.1) is 41.5 Å². The quantitative estimate of drug-likeness (QED) is 0.115. The molecule has 0 aliphatic heterocycles. The Morgan fingerprint density at radius 3 is 1.10 bits per heavy atom. The van der Waals surface area contributed by atoms with Gasteiger partial charge >= 0.3 is 16.5 Å². The van der Waals surface area contributed by atoms with Crippen LogP contribution in [-0.2, 0) is 21.7 Å². The largest absolute Gasteiger partial charge is 0.453 e. The summed E-state index contributed by atoms with van der Waals surface area (Å²) in [6.07, 6.45) is 3.56. The van der Waals surface area contributed by atoms with E-state index >= 15 is 0 Å². The summed E-state index contributed by atoms with van der Waals surface area (Å²) in [6.45, 7) is 41.2. The van der Waals surface area contributed by atoms with Gasteiger partial charge in [-0.1, -0.05) is 179 Å². The molecule has 0 saturated carbocycles. The van der Waals surface area contributed by atoms with E-state index in [1.165, 1.54) is 22.3 Å². The monoisotopic (exact) mass is 1080 g/mol. The molecule has 8 aromatic carbocycles. The van der Waals surface area contributed by atoms with E-state index in [2.05, 4.69) is 197 Å². The third-order valence-corrected chi connectivity index (χ3v) is 20.0. The molecule has 0 amide bonds. The van der Waals surface area contributed by atoms with Gasteiger partial charge in [-0.3, -0.25) is 0 Å². The van der Waals surface area contributed by atoms with Gasteiger partial charge in [-0.25, -0.2) is 0 Å². The standard InChI is InChI=1S/C70H80O6P2/c1-19-67(11,12)53-39-55(69(15,16)21-3)65(75-77-71-57-29-25-23-27-51(57)52-28-24-26-30-58(52)72-77)59(45(53)9)60-46(10)54(68(13,14)20-2)40-56(70(17,18)22-4)66(60)76-78-73-63-43(7)37-47-35-41(5)31-33-49(47)61(63)62-50-34-32-42(6)36-48(50)38-44(8)64(62)74-78/h23-40H,19-22H2,1-18H3. The maximum atomic E-state index is 7.93. The first kappa shape index (κ1) is 55.0. The Balaban J connectivity index is 1.41. The zero-order valence-electron chi connectivity index (χ0n) is 49.6. The number of benzene rings is 8. The average molecular weight is 1080 g/mol. The number of fused-ring (bicyclic) bond motifs is 10. The molecule has 0 fully saturated rings. The summed E-state index contributed by atoms with van der Waals surface area (Å²) in [7, 11) is -4.25. The molecule has 2 aromatic heterocycles. The van der Waals surface area contributed by atoms with Crippen molar-refractivity contribution in [1.82, 2.24) is 0 Å². The van der Waals surface area contributed by atoms with Crippen LogP contribution in [0.4, 0.5) is 0 Å². The van der Waals surface area contributed by atoms with Crippen LogP contribution in [0.25, 0.3) is 76.5 Å². The predicted octanol–water partition coefficient (Wildman–Crippen LogP) is 23.2. The maximum absolute atomic E-state index is 7.93. The first-order valence-electron chi connectivity index (χ1n) is 28.3. The first-order chi connectivity index (χ1) is 36.9. The van der Waals surface area contributed by atoms with E-state index in [1.807, 2.05) is 36.4 Å². The van der Waals surface area contributed by atoms with Gasteiger partial charge < -0.3 is 25.8 Å². The van der Waals surface area contributed by atoms with Gasteiger partial charge in [-0.2, -0.15) is 0 Å². The molecule has 0 N–H and O–H groups in total. The van der Waals surface area contributed by atoms with Crippen LogP contribution < -0.4 is 9.05 Å². The Bertz CT molecular complexity index is 3940. The highest BCUT2D eigenvalue weighted by Gasteiger charge is 2.39. The van der Waals surface area contributed by atoms with E-state index in [-0.39, 0.29) is 21.7 Å². The third kappa shape index (κ3) is 9.53. The van der Waals surface area contributed by atoms with Gasteiger partial charge in [0.15, 0.2) is 0 Å². The fourth-order valence-corrected chi connectivity index (χ4v) is 13.9. The average Bonchev–Trinajstić information content (AvgIpc) is 3.84. The lowest BCUT2D eigenvalue weighted by Crippen LogP contribution is -2.24. The number of aryl methyl sites for hydroxylation is 4. The maximum Gasteiger partial charge on any atom is 0.453 e. The van der Waals surface area contributed by atoms with E-state index in [0.29, 0.717) is 11.2 Å². The summed E-state index contributed by atoms with van der Waals surface area (Å²) in [5.41, 5.74) is 15.2. The fraction of sp³-hybridized carbons (Fsp3) is 0.371. The van der Waals surface area contributed by atoms with Gasteiger partial charge in [0.1, 0.15) is 33.8 Å².